The summed E-state index contributed by atoms with van der Waals surface area (Å²) in [5.41, 5.74) is 5.17. The van der Waals surface area contributed by atoms with Crippen LogP contribution < -0.4 is 11.1 Å². The smallest absolute Gasteiger partial charge is 0.237 e. The van der Waals surface area contributed by atoms with Gasteiger partial charge < -0.3 is 5.73 Å². The molecule has 1 heterocycles. The summed E-state index contributed by atoms with van der Waals surface area (Å²) in [5, 5.41) is 5.49. The van der Waals surface area contributed by atoms with Gasteiger partial charge in [0.05, 0.1) is 5.54 Å². The van der Waals surface area contributed by atoms with E-state index in [1.165, 1.54) is 11.3 Å². The lowest BCUT2D eigenvalue weighted by Crippen LogP contribution is -2.54. The lowest BCUT2D eigenvalue weighted by molar-refractivity contribution is -0.125. The van der Waals surface area contributed by atoms with E-state index >= 15 is 0 Å². The van der Waals surface area contributed by atoms with Gasteiger partial charge in [0.25, 0.3) is 0 Å². The molecule has 0 aromatic carbocycles. The highest BCUT2D eigenvalue weighted by atomic mass is 32.1. The molecule has 1 aliphatic rings. The van der Waals surface area contributed by atoms with E-state index in [2.05, 4.69) is 23.7 Å². The minimum Gasteiger partial charge on any atom is -0.368 e. The zero-order chi connectivity index (χ0) is 13.0. The van der Waals surface area contributed by atoms with Crippen molar-refractivity contribution in [1.29, 1.82) is 0 Å². The van der Waals surface area contributed by atoms with Crippen molar-refractivity contribution in [3.8, 4) is 0 Å². The van der Waals surface area contributed by atoms with Gasteiger partial charge >= 0.3 is 0 Å². The van der Waals surface area contributed by atoms with Crippen molar-refractivity contribution >= 4 is 17.2 Å². The van der Waals surface area contributed by atoms with Crippen molar-refractivity contribution in [3.63, 3.8) is 0 Å². The highest BCUT2D eigenvalue weighted by molar-refractivity contribution is 7.09. The van der Waals surface area contributed by atoms with Gasteiger partial charge in [0.1, 0.15) is 0 Å². The summed E-state index contributed by atoms with van der Waals surface area (Å²) in [6.07, 6.45) is 5.12. The maximum absolute atomic E-state index is 11.9. The maximum atomic E-state index is 11.9. The standard InChI is InChI=1S/C14H22N2OS/c1-11-4-2-7-14(8-6-11,13(15)17)16-10-12-5-3-9-18-12/h3,5,9,11,16H,2,4,6-8,10H2,1H3,(H2,15,17). The molecular weight excluding hydrogens is 244 g/mol. The molecule has 0 saturated heterocycles. The summed E-state index contributed by atoms with van der Waals surface area (Å²) >= 11 is 1.71. The second-order valence-electron chi connectivity index (χ2n) is 5.42. The highest BCUT2D eigenvalue weighted by Crippen LogP contribution is 2.30. The average Bonchev–Trinajstić information content (AvgIpc) is 2.77. The molecule has 3 nitrogen and oxygen atoms in total. The Morgan fingerprint density at radius 2 is 2.39 bits per heavy atom. The molecule has 2 atom stereocenters. The van der Waals surface area contributed by atoms with Gasteiger partial charge in [0.2, 0.25) is 5.91 Å². The third kappa shape index (κ3) is 3.12. The maximum Gasteiger partial charge on any atom is 0.237 e. The van der Waals surface area contributed by atoms with E-state index in [4.69, 9.17) is 5.73 Å². The number of hydrogen-bond acceptors (Lipinski definition) is 3. The van der Waals surface area contributed by atoms with Gasteiger partial charge in [-0.2, -0.15) is 0 Å². The van der Waals surface area contributed by atoms with Crippen LogP contribution in [0, 0.1) is 5.92 Å². The summed E-state index contributed by atoms with van der Waals surface area (Å²) in [5.74, 6) is 0.517. The number of hydrogen-bond donors (Lipinski definition) is 2. The first-order valence-electron chi connectivity index (χ1n) is 6.70. The Kier molecular flexibility index (Phi) is 4.40. The number of carbonyl (C=O) groups excluding carboxylic acids is 1. The molecule has 1 saturated carbocycles. The Morgan fingerprint density at radius 3 is 3.06 bits per heavy atom. The molecule has 4 heteroatoms. The van der Waals surface area contributed by atoms with Gasteiger partial charge in [0, 0.05) is 11.4 Å². The largest absolute Gasteiger partial charge is 0.368 e. The van der Waals surface area contributed by atoms with Crippen LogP contribution in [-0.4, -0.2) is 11.4 Å². The van der Waals surface area contributed by atoms with Crippen LogP contribution in [0.4, 0.5) is 0 Å². The quantitative estimate of drug-likeness (QED) is 0.823. The Bertz CT molecular complexity index is 391. The topological polar surface area (TPSA) is 55.1 Å². The van der Waals surface area contributed by atoms with Crippen molar-refractivity contribution in [1.82, 2.24) is 5.32 Å². The van der Waals surface area contributed by atoms with Gasteiger partial charge in [-0.1, -0.05) is 25.8 Å². The van der Waals surface area contributed by atoms with E-state index < -0.39 is 5.54 Å². The summed E-state index contributed by atoms with van der Waals surface area (Å²) < 4.78 is 0. The Balaban J connectivity index is 2.04. The minimum absolute atomic E-state index is 0.187. The van der Waals surface area contributed by atoms with Crippen molar-refractivity contribution < 1.29 is 4.79 Å². The van der Waals surface area contributed by atoms with Crippen molar-refractivity contribution in [2.45, 2.75) is 51.1 Å². The third-order valence-corrected chi connectivity index (χ3v) is 4.89. The first-order valence-corrected chi connectivity index (χ1v) is 7.58. The highest BCUT2D eigenvalue weighted by Gasteiger charge is 2.37. The predicted octanol–water partition coefficient (Wildman–Crippen LogP) is 2.66. The number of primary amides is 1. The van der Waals surface area contributed by atoms with Gasteiger partial charge in [-0.15, -0.1) is 11.3 Å². The molecule has 1 aromatic heterocycles. The molecule has 0 spiro atoms. The number of carbonyl (C=O) groups is 1. The SMILES string of the molecule is CC1CCCC(NCc2cccs2)(C(N)=O)CC1. The minimum atomic E-state index is -0.491. The van der Waals surface area contributed by atoms with Crippen LogP contribution in [0.2, 0.25) is 0 Å². The first kappa shape index (κ1) is 13.6. The van der Waals surface area contributed by atoms with Crippen LogP contribution in [0.15, 0.2) is 17.5 Å². The molecule has 3 N–H and O–H groups in total. The molecule has 1 aromatic rings. The molecule has 18 heavy (non-hydrogen) atoms. The van der Waals surface area contributed by atoms with Gasteiger partial charge in [0.15, 0.2) is 0 Å². The fraction of sp³-hybridized carbons (Fsp3) is 0.643. The van der Waals surface area contributed by atoms with E-state index in [9.17, 15) is 4.79 Å². The van der Waals surface area contributed by atoms with Crippen LogP contribution in [0.3, 0.4) is 0 Å². The van der Waals surface area contributed by atoms with Crippen molar-refractivity contribution in [2.75, 3.05) is 0 Å². The van der Waals surface area contributed by atoms with Crippen molar-refractivity contribution in [3.05, 3.63) is 22.4 Å². The van der Waals surface area contributed by atoms with E-state index in [0.29, 0.717) is 5.92 Å². The third-order valence-electron chi connectivity index (χ3n) is 4.02. The zero-order valence-electron chi connectivity index (χ0n) is 10.9. The molecular formula is C14H22N2OS. The molecule has 100 valence electrons. The fourth-order valence-corrected chi connectivity index (χ4v) is 3.34. The lowest BCUT2D eigenvalue weighted by atomic mass is 9.89. The Hall–Kier alpha value is -0.870. The fourth-order valence-electron chi connectivity index (χ4n) is 2.69. The number of amides is 1. The van der Waals surface area contributed by atoms with E-state index in [0.717, 1.165) is 32.2 Å². The van der Waals surface area contributed by atoms with Gasteiger partial charge in [-0.05, 0) is 36.6 Å². The second kappa shape index (κ2) is 5.85. The molecule has 0 bridgehead atoms. The molecule has 0 radical (unpaired) electrons. The Labute approximate surface area is 113 Å². The summed E-state index contributed by atoms with van der Waals surface area (Å²) in [6.45, 7) is 3.01. The number of nitrogens with two attached hydrogens (primary N) is 1. The van der Waals surface area contributed by atoms with E-state index in [1.807, 2.05) is 6.07 Å². The second-order valence-corrected chi connectivity index (χ2v) is 6.45. The number of nitrogens with one attached hydrogen (secondary N) is 1. The van der Waals surface area contributed by atoms with Gasteiger partial charge in [-0.3, -0.25) is 10.1 Å². The average molecular weight is 266 g/mol. The lowest BCUT2D eigenvalue weighted by Gasteiger charge is -2.30. The molecule has 2 unspecified atom stereocenters. The summed E-state index contributed by atoms with van der Waals surface area (Å²) in [7, 11) is 0. The summed E-state index contributed by atoms with van der Waals surface area (Å²) in [4.78, 5) is 13.1. The molecule has 1 fully saturated rings. The van der Waals surface area contributed by atoms with Crippen molar-refractivity contribution in [2.24, 2.45) is 11.7 Å². The van der Waals surface area contributed by atoms with Crippen LogP contribution in [0.25, 0.3) is 0 Å². The molecule has 0 aliphatic heterocycles. The number of thiophene rings is 1. The van der Waals surface area contributed by atoms with E-state index in [-0.39, 0.29) is 5.91 Å². The van der Waals surface area contributed by atoms with Crippen LogP contribution in [-0.2, 0) is 11.3 Å². The van der Waals surface area contributed by atoms with Crippen LogP contribution >= 0.6 is 11.3 Å². The molecule has 1 amide bonds. The first-order chi connectivity index (χ1) is 8.62. The summed E-state index contributed by atoms with van der Waals surface area (Å²) in [6, 6.07) is 4.12. The zero-order valence-corrected chi connectivity index (χ0v) is 11.8. The Morgan fingerprint density at radius 1 is 1.56 bits per heavy atom. The molecule has 1 aliphatic carbocycles. The predicted molar refractivity (Wildman–Crippen MR) is 75.3 cm³/mol. The normalized spacial score (nSPS) is 28.8. The van der Waals surface area contributed by atoms with Gasteiger partial charge in [-0.25, -0.2) is 0 Å². The number of rotatable bonds is 4. The van der Waals surface area contributed by atoms with Crippen LogP contribution in [0.1, 0.15) is 43.9 Å². The molecule has 2 rings (SSSR count). The van der Waals surface area contributed by atoms with Crippen LogP contribution in [0.5, 0.6) is 0 Å². The monoisotopic (exact) mass is 266 g/mol. The van der Waals surface area contributed by atoms with E-state index in [1.54, 1.807) is 11.3 Å².